The van der Waals surface area contributed by atoms with Gasteiger partial charge in [0.25, 0.3) is 5.91 Å². The van der Waals surface area contributed by atoms with E-state index in [9.17, 15) is 4.79 Å². The molecule has 1 aromatic rings. The molecule has 0 aliphatic carbocycles. The molecule has 1 aromatic carbocycles. The summed E-state index contributed by atoms with van der Waals surface area (Å²) in [5.41, 5.74) is 6.84. The quantitative estimate of drug-likeness (QED) is 0.620. The van der Waals surface area contributed by atoms with Crippen molar-refractivity contribution in [1.82, 2.24) is 10.2 Å². The molecular weight excluding hydrogens is 266 g/mol. The van der Waals surface area contributed by atoms with Crippen LogP contribution in [0.15, 0.2) is 18.2 Å². The van der Waals surface area contributed by atoms with Crippen LogP contribution in [0.5, 0.6) is 5.75 Å². The molecule has 0 spiro atoms. The number of hydrogen-bond acceptors (Lipinski definition) is 4. The molecule has 21 heavy (non-hydrogen) atoms. The van der Waals surface area contributed by atoms with E-state index in [1.54, 1.807) is 25.3 Å². The lowest BCUT2D eigenvalue weighted by atomic mass is 10.1. The van der Waals surface area contributed by atoms with Crippen molar-refractivity contribution in [3.8, 4) is 5.75 Å². The highest BCUT2D eigenvalue weighted by Crippen LogP contribution is 2.18. The number of nitrogens with one attached hydrogen (secondary N) is 1. The number of benzene rings is 1. The Morgan fingerprint density at radius 1 is 1.29 bits per heavy atom. The van der Waals surface area contributed by atoms with Gasteiger partial charge in [-0.2, -0.15) is 0 Å². The smallest absolute Gasteiger partial charge is 0.251 e. The van der Waals surface area contributed by atoms with Crippen molar-refractivity contribution in [2.45, 2.75) is 25.7 Å². The van der Waals surface area contributed by atoms with Crippen molar-refractivity contribution in [3.63, 3.8) is 0 Å². The fourth-order valence-corrected chi connectivity index (χ4v) is 2.66. The lowest BCUT2D eigenvalue weighted by Gasteiger charge is -2.26. The Kier molecular flexibility index (Phi) is 5.87. The maximum Gasteiger partial charge on any atom is 0.251 e. The van der Waals surface area contributed by atoms with E-state index in [0.29, 0.717) is 23.5 Å². The van der Waals surface area contributed by atoms with Gasteiger partial charge >= 0.3 is 0 Å². The van der Waals surface area contributed by atoms with Crippen molar-refractivity contribution in [2.24, 2.45) is 0 Å². The number of likely N-dealkylation sites (tertiary alicyclic amines) is 1. The lowest BCUT2D eigenvalue weighted by molar-refractivity contribution is 0.0951. The standard InChI is InChI=1S/C16H25N3O2/c1-21-15-11-13(10-14(17)12-15)16(20)18-6-5-9-19-7-3-2-4-8-19/h10-12H,2-9,17H2,1H3,(H,18,20). The van der Waals surface area contributed by atoms with Gasteiger partial charge < -0.3 is 20.7 Å². The zero-order valence-corrected chi connectivity index (χ0v) is 12.7. The van der Waals surface area contributed by atoms with Crippen LogP contribution in [0.2, 0.25) is 0 Å². The van der Waals surface area contributed by atoms with Crippen LogP contribution in [-0.2, 0) is 0 Å². The van der Waals surface area contributed by atoms with Gasteiger partial charge in [0.05, 0.1) is 7.11 Å². The molecule has 0 unspecified atom stereocenters. The Hall–Kier alpha value is -1.75. The average Bonchev–Trinajstić information content (AvgIpc) is 2.51. The molecule has 0 saturated carbocycles. The van der Waals surface area contributed by atoms with Gasteiger partial charge in [-0.25, -0.2) is 0 Å². The number of amides is 1. The Balaban J connectivity index is 1.75. The van der Waals surface area contributed by atoms with Gasteiger partial charge in [0.2, 0.25) is 0 Å². The third-order valence-electron chi connectivity index (χ3n) is 3.81. The monoisotopic (exact) mass is 291 g/mol. The van der Waals surface area contributed by atoms with Crippen LogP contribution in [0.3, 0.4) is 0 Å². The van der Waals surface area contributed by atoms with Crippen LogP contribution in [-0.4, -0.2) is 44.1 Å². The minimum Gasteiger partial charge on any atom is -0.497 e. The summed E-state index contributed by atoms with van der Waals surface area (Å²) in [6, 6.07) is 5.08. The van der Waals surface area contributed by atoms with Crippen LogP contribution < -0.4 is 15.8 Å². The Morgan fingerprint density at radius 2 is 2.05 bits per heavy atom. The molecule has 1 heterocycles. The molecule has 0 radical (unpaired) electrons. The van der Waals surface area contributed by atoms with E-state index < -0.39 is 0 Å². The van der Waals surface area contributed by atoms with Gasteiger partial charge in [0, 0.05) is 23.9 Å². The SMILES string of the molecule is COc1cc(N)cc(C(=O)NCCCN2CCCCC2)c1. The molecule has 5 nitrogen and oxygen atoms in total. The first-order valence-corrected chi connectivity index (χ1v) is 7.64. The molecule has 1 amide bonds. The summed E-state index contributed by atoms with van der Waals surface area (Å²) in [5.74, 6) is 0.507. The highest BCUT2D eigenvalue weighted by atomic mass is 16.5. The maximum absolute atomic E-state index is 12.1. The highest BCUT2D eigenvalue weighted by molar-refractivity contribution is 5.95. The van der Waals surface area contributed by atoms with Crippen LogP contribution in [0.4, 0.5) is 5.69 Å². The second-order valence-corrected chi connectivity index (χ2v) is 5.51. The van der Waals surface area contributed by atoms with Gasteiger partial charge in [-0.15, -0.1) is 0 Å². The summed E-state index contributed by atoms with van der Waals surface area (Å²) in [5, 5.41) is 2.94. The van der Waals surface area contributed by atoms with E-state index in [2.05, 4.69) is 10.2 Å². The first kappa shape index (κ1) is 15.6. The Morgan fingerprint density at radius 3 is 2.76 bits per heavy atom. The number of nitrogens with two attached hydrogens (primary N) is 1. The first-order chi connectivity index (χ1) is 10.2. The van der Waals surface area contributed by atoms with E-state index in [1.807, 2.05) is 0 Å². The second kappa shape index (κ2) is 7.88. The number of nitrogens with zero attached hydrogens (tertiary/aromatic N) is 1. The van der Waals surface area contributed by atoms with E-state index in [-0.39, 0.29) is 5.91 Å². The molecule has 0 atom stereocenters. The van der Waals surface area contributed by atoms with Crippen LogP contribution in [0.25, 0.3) is 0 Å². The largest absolute Gasteiger partial charge is 0.497 e. The minimum atomic E-state index is -0.0979. The molecular formula is C16H25N3O2. The number of carbonyl (C=O) groups excluding carboxylic acids is 1. The zero-order chi connectivity index (χ0) is 15.1. The summed E-state index contributed by atoms with van der Waals surface area (Å²) in [4.78, 5) is 14.6. The normalized spacial score (nSPS) is 15.7. The van der Waals surface area contributed by atoms with Gasteiger partial charge in [0.1, 0.15) is 5.75 Å². The predicted octanol–water partition coefficient (Wildman–Crippen LogP) is 1.88. The third kappa shape index (κ3) is 4.93. The number of rotatable bonds is 6. The van der Waals surface area contributed by atoms with Crippen LogP contribution in [0.1, 0.15) is 36.0 Å². The number of methoxy groups -OCH3 is 1. The molecule has 5 heteroatoms. The van der Waals surface area contributed by atoms with Gasteiger partial charge in [-0.3, -0.25) is 4.79 Å². The molecule has 1 aliphatic heterocycles. The summed E-state index contributed by atoms with van der Waals surface area (Å²) in [6.45, 7) is 4.13. The summed E-state index contributed by atoms with van der Waals surface area (Å²) >= 11 is 0. The predicted molar refractivity (Wildman–Crippen MR) is 84.6 cm³/mol. The minimum absolute atomic E-state index is 0.0979. The Bertz CT molecular complexity index is 471. The summed E-state index contributed by atoms with van der Waals surface area (Å²) < 4.78 is 5.12. The van der Waals surface area contributed by atoms with Crippen molar-refractivity contribution in [3.05, 3.63) is 23.8 Å². The fraction of sp³-hybridized carbons (Fsp3) is 0.562. The molecule has 1 saturated heterocycles. The number of ether oxygens (including phenoxy) is 1. The van der Waals surface area contributed by atoms with E-state index in [4.69, 9.17) is 10.5 Å². The van der Waals surface area contributed by atoms with Crippen molar-refractivity contribution in [2.75, 3.05) is 39.0 Å². The first-order valence-electron chi connectivity index (χ1n) is 7.64. The topological polar surface area (TPSA) is 67.6 Å². The molecule has 2 rings (SSSR count). The molecule has 3 N–H and O–H groups in total. The second-order valence-electron chi connectivity index (χ2n) is 5.51. The average molecular weight is 291 g/mol. The van der Waals surface area contributed by atoms with E-state index >= 15 is 0 Å². The van der Waals surface area contributed by atoms with Crippen molar-refractivity contribution in [1.29, 1.82) is 0 Å². The molecule has 0 bridgehead atoms. The van der Waals surface area contributed by atoms with Crippen molar-refractivity contribution >= 4 is 11.6 Å². The summed E-state index contributed by atoms with van der Waals surface area (Å²) in [6.07, 6.45) is 4.93. The Labute approximate surface area is 126 Å². The maximum atomic E-state index is 12.1. The molecule has 116 valence electrons. The highest BCUT2D eigenvalue weighted by Gasteiger charge is 2.10. The van der Waals surface area contributed by atoms with E-state index in [1.165, 1.54) is 32.4 Å². The zero-order valence-electron chi connectivity index (χ0n) is 12.7. The fourth-order valence-electron chi connectivity index (χ4n) is 2.66. The van der Waals surface area contributed by atoms with Crippen LogP contribution >= 0.6 is 0 Å². The van der Waals surface area contributed by atoms with E-state index in [0.717, 1.165) is 13.0 Å². The number of piperidine rings is 1. The lowest BCUT2D eigenvalue weighted by Crippen LogP contribution is -2.33. The number of nitrogen functional groups attached to an aromatic ring is 1. The van der Waals surface area contributed by atoms with Crippen molar-refractivity contribution < 1.29 is 9.53 Å². The molecule has 1 aliphatic rings. The molecule has 0 aromatic heterocycles. The number of anilines is 1. The van der Waals surface area contributed by atoms with Gasteiger partial charge in [-0.05, 0) is 51.0 Å². The van der Waals surface area contributed by atoms with Gasteiger partial charge in [0.15, 0.2) is 0 Å². The third-order valence-corrected chi connectivity index (χ3v) is 3.81. The number of hydrogen-bond donors (Lipinski definition) is 2. The summed E-state index contributed by atoms with van der Waals surface area (Å²) in [7, 11) is 1.56. The number of carbonyl (C=O) groups is 1. The van der Waals surface area contributed by atoms with Crippen LogP contribution in [0, 0.1) is 0 Å². The van der Waals surface area contributed by atoms with Gasteiger partial charge in [-0.1, -0.05) is 6.42 Å². The molecule has 1 fully saturated rings.